The van der Waals surface area contributed by atoms with Gasteiger partial charge in [-0.1, -0.05) is 35.9 Å². The lowest BCUT2D eigenvalue weighted by atomic mass is 10.1. The fraction of sp³-hybridized carbons (Fsp3) is 0.182. The molecular formula is C22H21N3O2S. The molecule has 1 aliphatic heterocycles. The maximum atomic E-state index is 10.6. The van der Waals surface area contributed by atoms with Gasteiger partial charge in [0.2, 0.25) is 0 Å². The standard InChI is InChI=1S/C22H21N3O2S/c1-12-4-7-15(8-5-12)20-14(3)28-22(24-20)19-18(27)11-25(21(19)23)16-9-6-13(2)10-17(16)26/h4-10,23,26-27H,11H2,1-3H3. The molecule has 3 N–H and O–H groups in total. The smallest absolute Gasteiger partial charge is 0.139 e. The molecule has 28 heavy (non-hydrogen) atoms. The molecule has 5 nitrogen and oxygen atoms in total. The van der Waals surface area contributed by atoms with E-state index in [1.54, 1.807) is 17.0 Å². The predicted octanol–water partition coefficient (Wildman–Crippen LogP) is 5.21. The van der Waals surface area contributed by atoms with Crippen molar-refractivity contribution in [3.05, 3.63) is 69.2 Å². The Labute approximate surface area is 167 Å². The zero-order valence-electron chi connectivity index (χ0n) is 15.9. The quantitative estimate of drug-likeness (QED) is 0.573. The zero-order valence-corrected chi connectivity index (χ0v) is 16.8. The third kappa shape index (κ3) is 3.05. The number of nitrogens with zero attached hydrogens (tertiary/aromatic N) is 2. The Balaban J connectivity index is 1.70. The summed E-state index contributed by atoms with van der Waals surface area (Å²) in [7, 11) is 0. The number of nitrogens with one attached hydrogen (secondary N) is 1. The van der Waals surface area contributed by atoms with Crippen molar-refractivity contribution in [1.82, 2.24) is 4.98 Å². The first kappa shape index (κ1) is 18.3. The van der Waals surface area contributed by atoms with Crippen LogP contribution in [0.5, 0.6) is 5.75 Å². The van der Waals surface area contributed by atoms with Gasteiger partial charge in [0.15, 0.2) is 0 Å². The van der Waals surface area contributed by atoms with E-state index >= 15 is 0 Å². The first-order valence-corrected chi connectivity index (χ1v) is 9.80. The van der Waals surface area contributed by atoms with Gasteiger partial charge in [0.25, 0.3) is 0 Å². The molecule has 1 aliphatic rings. The van der Waals surface area contributed by atoms with E-state index in [4.69, 9.17) is 10.4 Å². The first-order valence-electron chi connectivity index (χ1n) is 8.98. The van der Waals surface area contributed by atoms with E-state index in [1.165, 1.54) is 16.9 Å². The van der Waals surface area contributed by atoms with Crippen LogP contribution in [0.2, 0.25) is 0 Å². The summed E-state index contributed by atoms with van der Waals surface area (Å²) < 4.78 is 0. The number of hydrogen-bond donors (Lipinski definition) is 3. The highest BCUT2D eigenvalue weighted by atomic mass is 32.1. The monoisotopic (exact) mass is 391 g/mol. The number of benzene rings is 2. The number of hydrogen-bond acceptors (Lipinski definition) is 5. The van der Waals surface area contributed by atoms with Gasteiger partial charge in [0.05, 0.1) is 23.5 Å². The van der Waals surface area contributed by atoms with Gasteiger partial charge in [-0.2, -0.15) is 0 Å². The molecule has 0 unspecified atom stereocenters. The highest BCUT2D eigenvalue weighted by Gasteiger charge is 2.33. The summed E-state index contributed by atoms with van der Waals surface area (Å²) in [4.78, 5) is 7.36. The second-order valence-corrected chi connectivity index (χ2v) is 8.24. The molecule has 0 fully saturated rings. The van der Waals surface area contributed by atoms with Crippen molar-refractivity contribution >= 4 is 28.4 Å². The number of anilines is 1. The number of amidine groups is 1. The summed E-state index contributed by atoms with van der Waals surface area (Å²) in [5.41, 5.74) is 4.93. The van der Waals surface area contributed by atoms with Gasteiger partial charge in [-0.3, -0.25) is 5.41 Å². The van der Waals surface area contributed by atoms with E-state index < -0.39 is 0 Å². The van der Waals surface area contributed by atoms with Crippen LogP contribution in [0.1, 0.15) is 21.0 Å². The fourth-order valence-electron chi connectivity index (χ4n) is 3.35. The topological polar surface area (TPSA) is 80.4 Å². The summed E-state index contributed by atoms with van der Waals surface area (Å²) in [5.74, 6) is 0.324. The Morgan fingerprint density at radius 1 is 1.00 bits per heavy atom. The van der Waals surface area contributed by atoms with Gasteiger partial charge in [-0.05, 0) is 38.5 Å². The number of aromatic nitrogens is 1. The summed E-state index contributed by atoms with van der Waals surface area (Å²) >= 11 is 1.46. The number of aromatic hydroxyl groups is 1. The summed E-state index contributed by atoms with van der Waals surface area (Å²) in [6, 6.07) is 13.5. The minimum atomic E-state index is 0.0918. The number of phenolic OH excluding ortho intramolecular Hbond substituents is 1. The number of rotatable bonds is 3. The maximum absolute atomic E-state index is 10.6. The molecule has 0 aliphatic carbocycles. The molecule has 0 bridgehead atoms. The third-order valence-corrected chi connectivity index (χ3v) is 5.85. The molecule has 0 saturated heterocycles. The van der Waals surface area contributed by atoms with Crippen LogP contribution < -0.4 is 4.90 Å². The average Bonchev–Trinajstić information content (AvgIpc) is 3.15. The van der Waals surface area contributed by atoms with Gasteiger partial charge in [-0.15, -0.1) is 11.3 Å². The Bertz CT molecular complexity index is 1110. The van der Waals surface area contributed by atoms with Crippen molar-refractivity contribution in [3.63, 3.8) is 0 Å². The number of aryl methyl sites for hydroxylation is 3. The van der Waals surface area contributed by atoms with Crippen LogP contribution in [-0.2, 0) is 0 Å². The molecule has 0 amide bonds. The van der Waals surface area contributed by atoms with Crippen molar-refractivity contribution in [2.24, 2.45) is 0 Å². The molecule has 2 heterocycles. The second kappa shape index (κ2) is 6.80. The van der Waals surface area contributed by atoms with E-state index in [-0.39, 0.29) is 23.9 Å². The van der Waals surface area contributed by atoms with Crippen molar-refractivity contribution in [2.75, 3.05) is 11.4 Å². The Morgan fingerprint density at radius 2 is 1.68 bits per heavy atom. The van der Waals surface area contributed by atoms with Crippen molar-refractivity contribution in [1.29, 1.82) is 5.41 Å². The molecule has 1 aromatic heterocycles. The molecule has 4 rings (SSSR count). The molecule has 0 atom stereocenters. The largest absolute Gasteiger partial charge is 0.510 e. The lowest BCUT2D eigenvalue weighted by Crippen LogP contribution is -2.26. The molecule has 0 radical (unpaired) electrons. The molecule has 6 heteroatoms. The number of phenols is 1. The van der Waals surface area contributed by atoms with Gasteiger partial charge in [-0.25, -0.2) is 4.98 Å². The van der Waals surface area contributed by atoms with Crippen LogP contribution in [0.15, 0.2) is 48.2 Å². The first-order chi connectivity index (χ1) is 13.3. The zero-order chi connectivity index (χ0) is 20.0. The van der Waals surface area contributed by atoms with Gasteiger partial charge < -0.3 is 15.1 Å². The van der Waals surface area contributed by atoms with E-state index in [0.29, 0.717) is 16.3 Å². The molecule has 0 saturated carbocycles. The molecule has 3 aromatic rings. The minimum absolute atomic E-state index is 0.0918. The average molecular weight is 391 g/mol. The SMILES string of the molecule is Cc1ccc(-c2nc(C3=C(O)CN(c4ccc(C)cc4O)C3=N)sc2C)cc1. The Morgan fingerprint density at radius 3 is 2.36 bits per heavy atom. The van der Waals surface area contributed by atoms with E-state index in [9.17, 15) is 10.2 Å². The van der Waals surface area contributed by atoms with E-state index in [0.717, 1.165) is 21.7 Å². The number of aliphatic hydroxyl groups is 1. The highest BCUT2D eigenvalue weighted by Crippen LogP contribution is 2.39. The maximum Gasteiger partial charge on any atom is 0.139 e. The normalized spacial score (nSPS) is 14.2. The van der Waals surface area contributed by atoms with Crippen LogP contribution in [0, 0.1) is 26.2 Å². The predicted molar refractivity (Wildman–Crippen MR) is 114 cm³/mol. The Hall–Kier alpha value is -3.12. The van der Waals surface area contributed by atoms with E-state index in [1.807, 2.05) is 51.1 Å². The van der Waals surface area contributed by atoms with Gasteiger partial charge in [0.1, 0.15) is 22.4 Å². The summed E-state index contributed by atoms with van der Waals surface area (Å²) in [5, 5.41) is 30.1. The van der Waals surface area contributed by atoms with Crippen molar-refractivity contribution < 1.29 is 10.2 Å². The Kier molecular flexibility index (Phi) is 4.43. The van der Waals surface area contributed by atoms with Crippen LogP contribution in [-0.4, -0.2) is 27.6 Å². The van der Waals surface area contributed by atoms with Crippen LogP contribution >= 0.6 is 11.3 Å². The lowest BCUT2D eigenvalue weighted by Gasteiger charge is -2.20. The summed E-state index contributed by atoms with van der Waals surface area (Å²) in [6.07, 6.45) is 0. The van der Waals surface area contributed by atoms with Crippen molar-refractivity contribution in [2.45, 2.75) is 20.8 Å². The van der Waals surface area contributed by atoms with E-state index in [2.05, 4.69) is 0 Å². The minimum Gasteiger partial charge on any atom is -0.510 e. The summed E-state index contributed by atoms with van der Waals surface area (Å²) in [6.45, 7) is 6.07. The second-order valence-electron chi connectivity index (χ2n) is 7.04. The third-order valence-electron chi connectivity index (χ3n) is 4.86. The molecule has 142 valence electrons. The number of aliphatic hydroxyl groups excluding tert-OH is 1. The van der Waals surface area contributed by atoms with Crippen molar-refractivity contribution in [3.8, 4) is 17.0 Å². The molecule has 2 aromatic carbocycles. The lowest BCUT2D eigenvalue weighted by molar-refractivity contribution is 0.411. The van der Waals surface area contributed by atoms with Crippen LogP contribution in [0.4, 0.5) is 5.69 Å². The van der Waals surface area contributed by atoms with Crippen LogP contribution in [0.3, 0.4) is 0 Å². The molecule has 0 spiro atoms. The fourth-order valence-corrected chi connectivity index (χ4v) is 4.36. The van der Waals surface area contributed by atoms with Gasteiger partial charge in [0, 0.05) is 10.4 Å². The van der Waals surface area contributed by atoms with Gasteiger partial charge >= 0.3 is 0 Å². The van der Waals surface area contributed by atoms with Crippen LogP contribution in [0.25, 0.3) is 16.8 Å². The molecular weight excluding hydrogens is 370 g/mol. The highest BCUT2D eigenvalue weighted by molar-refractivity contribution is 7.13. The number of thiazole rings is 1.